The second-order valence-corrected chi connectivity index (χ2v) is 6.34. The van der Waals surface area contributed by atoms with Crippen LogP contribution in [0.2, 0.25) is 0 Å². The van der Waals surface area contributed by atoms with Crippen molar-refractivity contribution in [1.82, 2.24) is 5.43 Å². The molecule has 3 aromatic carbocycles. The standard InChI is InChI=1S/C22H16N2O4/c1-13(17-11-16-8-4-5-9-20(16)28-22(17)27)23-24-21(26)18-10-14-6-2-3-7-15(14)12-19(18)25/h2-12,25H,1H3,(H,24,26). The fourth-order valence-corrected chi connectivity index (χ4v) is 2.98. The van der Waals surface area contributed by atoms with Crippen molar-refractivity contribution in [3.8, 4) is 5.75 Å². The molecule has 0 unspecified atom stereocenters. The Morgan fingerprint density at radius 3 is 2.29 bits per heavy atom. The highest BCUT2D eigenvalue weighted by atomic mass is 16.4. The minimum absolute atomic E-state index is 0.0980. The van der Waals surface area contributed by atoms with Crippen LogP contribution in [0.5, 0.6) is 5.75 Å². The molecular formula is C22H16N2O4. The molecule has 0 aliphatic rings. The second kappa shape index (κ2) is 7.00. The number of amides is 1. The maximum absolute atomic E-state index is 12.5. The average Bonchev–Trinajstić information content (AvgIpc) is 2.70. The number of nitrogens with one attached hydrogen (secondary N) is 1. The highest BCUT2D eigenvalue weighted by molar-refractivity contribution is 6.04. The molecule has 0 aliphatic carbocycles. The van der Waals surface area contributed by atoms with Crippen molar-refractivity contribution in [2.45, 2.75) is 6.92 Å². The van der Waals surface area contributed by atoms with Gasteiger partial charge in [0, 0.05) is 5.39 Å². The number of rotatable bonds is 3. The van der Waals surface area contributed by atoms with Crippen molar-refractivity contribution >= 4 is 33.4 Å². The van der Waals surface area contributed by atoms with Crippen LogP contribution in [0.25, 0.3) is 21.7 Å². The van der Waals surface area contributed by atoms with E-state index < -0.39 is 11.5 Å². The molecule has 4 aromatic rings. The Morgan fingerprint density at radius 2 is 1.54 bits per heavy atom. The van der Waals surface area contributed by atoms with Crippen LogP contribution in [0.3, 0.4) is 0 Å². The quantitative estimate of drug-likeness (QED) is 0.325. The van der Waals surface area contributed by atoms with Gasteiger partial charge in [-0.25, -0.2) is 10.2 Å². The fraction of sp³-hybridized carbons (Fsp3) is 0.0455. The van der Waals surface area contributed by atoms with E-state index in [1.165, 1.54) is 6.07 Å². The predicted molar refractivity (Wildman–Crippen MR) is 108 cm³/mol. The van der Waals surface area contributed by atoms with Crippen molar-refractivity contribution in [2.24, 2.45) is 5.10 Å². The van der Waals surface area contributed by atoms with Crippen LogP contribution in [-0.2, 0) is 0 Å². The van der Waals surface area contributed by atoms with E-state index in [0.29, 0.717) is 11.3 Å². The molecule has 28 heavy (non-hydrogen) atoms. The Balaban J connectivity index is 1.64. The minimum Gasteiger partial charge on any atom is -0.507 e. The van der Waals surface area contributed by atoms with E-state index in [1.807, 2.05) is 36.4 Å². The van der Waals surface area contributed by atoms with Crippen LogP contribution in [0.1, 0.15) is 22.8 Å². The summed E-state index contributed by atoms with van der Waals surface area (Å²) in [4.78, 5) is 24.7. The highest BCUT2D eigenvalue weighted by Crippen LogP contribution is 2.24. The Kier molecular flexibility index (Phi) is 4.37. The molecule has 0 saturated carbocycles. The van der Waals surface area contributed by atoms with Crippen LogP contribution in [0.15, 0.2) is 81.0 Å². The number of benzene rings is 3. The van der Waals surface area contributed by atoms with Gasteiger partial charge in [-0.1, -0.05) is 42.5 Å². The summed E-state index contributed by atoms with van der Waals surface area (Å²) in [6.07, 6.45) is 0. The van der Waals surface area contributed by atoms with Gasteiger partial charge in [0.2, 0.25) is 0 Å². The number of hydrogen-bond acceptors (Lipinski definition) is 5. The van der Waals surface area contributed by atoms with Gasteiger partial charge in [0.25, 0.3) is 5.91 Å². The Morgan fingerprint density at radius 1 is 0.929 bits per heavy atom. The van der Waals surface area contributed by atoms with E-state index in [2.05, 4.69) is 10.5 Å². The summed E-state index contributed by atoms with van der Waals surface area (Å²) >= 11 is 0. The lowest BCUT2D eigenvalue weighted by Gasteiger charge is -2.07. The molecule has 4 rings (SSSR count). The lowest BCUT2D eigenvalue weighted by Crippen LogP contribution is -2.21. The van der Waals surface area contributed by atoms with E-state index >= 15 is 0 Å². The largest absolute Gasteiger partial charge is 0.507 e. The maximum Gasteiger partial charge on any atom is 0.345 e. The number of hydrogen-bond donors (Lipinski definition) is 2. The smallest absolute Gasteiger partial charge is 0.345 e. The first kappa shape index (κ1) is 17.5. The summed E-state index contributed by atoms with van der Waals surface area (Å²) in [7, 11) is 0. The third-order valence-corrected chi connectivity index (χ3v) is 4.47. The number of phenols is 1. The zero-order valence-electron chi connectivity index (χ0n) is 15.0. The molecule has 0 radical (unpaired) electrons. The van der Waals surface area contributed by atoms with Gasteiger partial charge in [0.15, 0.2) is 0 Å². The lowest BCUT2D eigenvalue weighted by atomic mass is 10.1. The van der Waals surface area contributed by atoms with Crippen molar-refractivity contribution in [1.29, 1.82) is 0 Å². The van der Waals surface area contributed by atoms with Crippen molar-refractivity contribution in [2.75, 3.05) is 0 Å². The SMILES string of the molecule is CC(=NNC(=O)c1cc2ccccc2cc1O)c1cc2ccccc2oc1=O. The van der Waals surface area contributed by atoms with Crippen molar-refractivity contribution in [3.63, 3.8) is 0 Å². The number of aromatic hydroxyl groups is 1. The van der Waals surface area contributed by atoms with Gasteiger partial charge in [-0.15, -0.1) is 0 Å². The Labute approximate surface area is 159 Å². The summed E-state index contributed by atoms with van der Waals surface area (Å²) in [6, 6.07) is 19.3. The highest BCUT2D eigenvalue weighted by Gasteiger charge is 2.13. The number of nitrogens with zero attached hydrogens (tertiary/aromatic N) is 1. The zero-order valence-corrected chi connectivity index (χ0v) is 15.0. The summed E-state index contributed by atoms with van der Waals surface area (Å²) < 4.78 is 5.28. The second-order valence-electron chi connectivity index (χ2n) is 6.34. The van der Waals surface area contributed by atoms with Gasteiger partial charge >= 0.3 is 5.63 Å². The molecule has 0 saturated heterocycles. The van der Waals surface area contributed by atoms with E-state index in [4.69, 9.17) is 4.42 Å². The van der Waals surface area contributed by atoms with E-state index in [-0.39, 0.29) is 16.9 Å². The van der Waals surface area contributed by atoms with Gasteiger partial charge in [-0.3, -0.25) is 4.79 Å². The molecule has 0 aliphatic heterocycles. The van der Waals surface area contributed by atoms with E-state index in [9.17, 15) is 14.7 Å². The van der Waals surface area contributed by atoms with Gasteiger partial charge < -0.3 is 9.52 Å². The van der Waals surface area contributed by atoms with Crippen LogP contribution in [0.4, 0.5) is 0 Å². The molecular weight excluding hydrogens is 356 g/mol. The van der Waals surface area contributed by atoms with E-state index in [0.717, 1.165) is 16.2 Å². The summed E-state index contributed by atoms with van der Waals surface area (Å²) in [5.41, 5.74) is 2.98. The first-order valence-corrected chi connectivity index (χ1v) is 8.62. The molecule has 1 aromatic heterocycles. The summed E-state index contributed by atoms with van der Waals surface area (Å²) in [6.45, 7) is 1.60. The van der Waals surface area contributed by atoms with Gasteiger partial charge in [0.1, 0.15) is 11.3 Å². The van der Waals surface area contributed by atoms with Crippen LogP contribution in [0, 0.1) is 0 Å². The molecule has 2 N–H and O–H groups in total. The summed E-state index contributed by atoms with van der Waals surface area (Å²) in [5.74, 6) is -0.720. The molecule has 138 valence electrons. The molecule has 1 heterocycles. The average molecular weight is 372 g/mol. The van der Waals surface area contributed by atoms with Gasteiger partial charge in [0.05, 0.1) is 16.8 Å². The summed E-state index contributed by atoms with van der Waals surface area (Å²) in [5, 5.41) is 16.6. The number of fused-ring (bicyclic) bond motifs is 2. The first-order chi connectivity index (χ1) is 13.5. The maximum atomic E-state index is 12.5. The number of carbonyl (C=O) groups is 1. The fourth-order valence-electron chi connectivity index (χ4n) is 2.98. The third-order valence-electron chi connectivity index (χ3n) is 4.47. The van der Waals surface area contributed by atoms with Crippen LogP contribution >= 0.6 is 0 Å². The van der Waals surface area contributed by atoms with Gasteiger partial charge in [-0.05, 0) is 42.0 Å². The number of phenolic OH excluding ortho intramolecular Hbond substituents is 1. The van der Waals surface area contributed by atoms with Crippen molar-refractivity contribution in [3.05, 3.63) is 88.3 Å². The first-order valence-electron chi connectivity index (χ1n) is 8.62. The van der Waals surface area contributed by atoms with E-state index in [1.54, 1.807) is 31.2 Å². The molecule has 6 nitrogen and oxygen atoms in total. The van der Waals surface area contributed by atoms with Crippen molar-refractivity contribution < 1.29 is 14.3 Å². The van der Waals surface area contributed by atoms with Crippen LogP contribution in [-0.4, -0.2) is 16.7 Å². The molecule has 0 fully saturated rings. The molecule has 6 heteroatoms. The van der Waals surface area contributed by atoms with Crippen LogP contribution < -0.4 is 11.1 Å². The number of carbonyl (C=O) groups excluding carboxylic acids is 1. The zero-order chi connectivity index (χ0) is 19.7. The normalized spacial score (nSPS) is 11.7. The third kappa shape index (κ3) is 3.23. The minimum atomic E-state index is -0.576. The predicted octanol–water partition coefficient (Wildman–Crippen LogP) is 3.81. The monoisotopic (exact) mass is 372 g/mol. The number of hydrazone groups is 1. The number of para-hydroxylation sites is 1. The molecule has 0 spiro atoms. The van der Waals surface area contributed by atoms with Gasteiger partial charge in [-0.2, -0.15) is 5.10 Å². The molecule has 0 bridgehead atoms. The topological polar surface area (TPSA) is 91.9 Å². The molecule has 0 atom stereocenters. The Bertz CT molecular complexity index is 1300. The lowest BCUT2D eigenvalue weighted by molar-refractivity contribution is 0.0952. The molecule has 1 amide bonds. The Hall–Kier alpha value is -3.93.